The largest absolute Gasteiger partial charge is 0.471 e. The second-order valence-electron chi connectivity index (χ2n) is 6.68. The van der Waals surface area contributed by atoms with Crippen molar-refractivity contribution in [3.05, 3.63) is 42.4 Å². The molecular weight excluding hydrogens is 405 g/mol. The first-order chi connectivity index (χ1) is 13.5. The molecule has 0 radical (unpaired) electrons. The minimum Gasteiger partial charge on any atom is -0.471 e. The highest BCUT2D eigenvalue weighted by molar-refractivity contribution is 7.85. The van der Waals surface area contributed by atoms with Gasteiger partial charge in [0.15, 0.2) is 5.60 Å². The van der Waals surface area contributed by atoms with Crippen LogP contribution in [0.5, 0.6) is 5.75 Å². The van der Waals surface area contributed by atoms with Crippen molar-refractivity contribution >= 4 is 16.4 Å². The first-order valence-corrected chi connectivity index (χ1v) is 9.91. The van der Waals surface area contributed by atoms with Gasteiger partial charge >= 0.3 is 6.18 Å². The number of nitriles is 1. The number of nitrogens with zero attached hydrogens (tertiary/aromatic N) is 4. The Kier molecular flexibility index (Phi) is 5.36. The molecule has 0 saturated carbocycles. The number of halogens is 3. The molecule has 29 heavy (non-hydrogen) atoms. The Bertz CT molecular complexity index is 1130. The van der Waals surface area contributed by atoms with E-state index in [9.17, 15) is 17.4 Å². The summed E-state index contributed by atoms with van der Waals surface area (Å²) in [6.45, 7) is 4.89. The van der Waals surface area contributed by atoms with Crippen LogP contribution in [0, 0.1) is 11.3 Å². The van der Waals surface area contributed by atoms with Crippen LogP contribution in [-0.4, -0.2) is 29.9 Å². The molecule has 0 aromatic carbocycles. The molecular formula is C19H17F3N4O2S. The molecule has 0 fully saturated rings. The Labute approximate surface area is 167 Å². The van der Waals surface area contributed by atoms with Crippen molar-refractivity contribution in [2.45, 2.75) is 37.4 Å². The number of pyridine rings is 2. The topological polar surface area (TPSA) is 80.3 Å². The number of alkyl halides is 3. The third-order valence-corrected chi connectivity index (χ3v) is 5.33. The van der Waals surface area contributed by atoms with E-state index >= 15 is 0 Å². The predicted molar refractivity (Wildman–Crippen MR) is 101 cm³/mol. The van der Waals surface area contributed by atoms with Crippen LogP contribution < -0.4 is 4.74 Å². The summed E-state index contributed by atoms with van der Waals surface area (Å²) in [6.07, 6.45) is -0.324. The van der Waals surface area contributed by atoms with E-state index in [1.165, 1.54) is 29.1 Å². The van der Waals surface area contributed by atoms with Gasteiger partial charge in [0.1, 0.15) is 28.9 Å². The molecule has 10 heteroatoms. The molecule has 3 heterocycles. The van der Waals surface area contributed by atoms with Gasteiger partial charge < -0.3 is 9.14 Å². The molecule has 6 nitrogen and oxygen atoms in total. The monoisotopic (exact) mass is 422 g/mol. The predicted octanol–water partition coefficient (Wildman–Crippen LogP) is 4.22. The Morgan fingerprint density at radius 3 is 2.66 bits per heavy atom. The number of hydrogen-bond acceptors (Lipinski definition) is 5. The van der Waals surface area contributed by atoms with Gasteiger partial charge in [0, 0.05) is 24.2 Å². The number of fused-ring (bicyclic) bond motifs is 1. The molecule has 1 atom stereocenters. The number of ether oxygens (including phenoxy) is 1. The van der Waals surface area contributed by atoms with Crippen LogP contribution in [0.4, 0.5) is 13.2 Å². The van der Waals surface area contributed by atoms with Gasteiger partial charge in [-0.1, -0.05) is 6.92 Å². The SMILES string of the molecule is CC[S@@](=O)c1cc(OC(C)(C)C#N)cnc1-c1cn2ccc(C(F)(F)F)cc2n1. The average Bonchev–Trinajstić information content (AvgIpc) is 3.09. The summed E-state index contributed by atoms with van der Waals surface area (Å²) in [5, 5.41) is 9.12. The maximum absolute atomic E-state index is 12.9. The summed E-state index contributed by atoms with van der Waals surface area (Å²) >= 11 is 0. The summed E-state index contributed by atoms with van der Waals surface area (Å²) in [7, 11) is -1.44. The van der Waals surface area contributed by atoms with Crippen LogP contribution in [0.1, 0.15) is 26.3 Å². The van der Waals surface area contributed by atoms with Crippen LogP contribution in [0.2, 0.25) is 0 Å². The quantitative estimate of drug-likeness (QED) is 0.615. The van der Waals surface area contributed by atoms with E-state index in [2.05, 4.69) is 9.97 Å². The third-order valence-electron chi connectivity index (χ3n) is 4.01. The lowest BCUT2D eigenvalue weighted by molar-refractivity contribution is -0.137. The first-order valence-electron chi connectivity index (χ1n) is 8.59. The average molecular weight is 422 g/mol. The summed E-state index contributed by atoms with van der Waals surface area (Å²) in [4.78, 5) is 8.84. The minimum atomic E-state index is -4.48. The van der Waals surface area contributed by atoms with Gasteiger partial charge in [-0.3, -0.25) is 4.21 Å². The van der Waals surface area contributed by atoms with Crippen LogP contribution >= 0.6 is 0 Å². The van der Waals surface area contributed by atoms with Crippen LogP contribution in [0.15, 0.2) is 41.7 Å². The smallest absolute Gasteiger partial charge is 0.416 e. The molecule has 0 unspecified atom stereocenters. The zero-order chi connectivity index (χ0) is 21.4. The van der Waals surface area contributed by atoms with E-state index in [0.29, 0.717) is 10.6 Å². The zero-order valence-corrected chi connectivity index (χ0v) is 16.6. The van der Waals surface area contributed by atoms with E-state index in [0.717, 1.165) is 12.1 Å². The van der Waals surface area contributed by atoms with Gasteiger partial charge in [0.2, 0.25) is 0 Å². The highest BCUT2D eigenvalue weighted by Gasteiger charge is 2.31. The molecule has 0 spiro atoms. The molecule has 3 aromatic rings. The number of imidazole rings is 1. The van der Waals surface area contributed by atoms with Crippen molar-refractivity contribution < 1.29 is 22.1 Å². The van der Waals surface area contributed by atoms with Crippen LogP contribution in [0.25, 0.3) is 17.0 Å². The normalized spacial score (nSPS) is 13.3. The molecule has 3 rings (SSSR count). The van der Waals surface area contributed by atoms with E-state index in [1.807, 2.05) is 6.07 Å². The standard InChI is InChI=1S/C19H17F3N4O2S/c1-4-29(27)15-8-13(28-18(2,3)11-23)9-24-17(15)14-10-26-6-5-12(19(20,21)22)7-16(26)25-14/h5-10H,4H2,1-3H3/t29-/m1/s1. The van der Waals surface area contributed by atoms with Crippen molar-refractivity contribution in [1.29, 1.82) is 5.26 Å². The van der Waals surface area contributed by atoms with E-state index in [4.69, 9.17) is 10.00 Å². The Hall–Kier alpha value is -2.93. The Balaban J connectivity index is 2.10. The zero-order valence-electron chi connectivity index (χ0n) is 15.8. The summed E-state index contributed by atoms with van der Waals surface area (Å²) < 4.78 is 58.4. The Morgan fingerprint density at radius 1 is 1.31 bits per heavy atom. The van der Waals surface area contributed by atoms with Gasteiger partial charge in [-0.15, -0.1) is 0 Å². The highest BCUT2D eigenvalue weighted by Crippen LogP contribution is 2.32. The van der Waals surface area contributed by atoms with Crippen molar-refractivity contribution in [2.75, 3.05) is 5.75 Å². The Morgan fingerprint density at radius 2 is 2.03 bits per heavy atom. The molecule has 0 aliphatic rings. The van der Waals surface area contributed by atoms with E-state index in [-0.39, 0.29) is 22.8 Å². The second kappa shape index (κ2) is 7.48. The summed E-state index contributed by atoms with van der Waals surface area (Å²) in [5.41, 5.74) is -1.26. The van der Waals surface area contributed by atoms with Crippen molar-refractivity contribution in [2.24, 2.45) is 0 Å². The molecule has 152 valence electrons. The lowest BCUT2D eigenvalue weighted by Crippen LogP contribution is -2.25. The van der Waals surface area contributed by atoms with Crippen molar-refractivity contribution in [3.8, 4) is 23.2 Å². The molecule has 0 saturated heterocycles. The van der Waals surface area contributed by atoms with Gasteiger partial charge in [-0.2, -0.15) is 18.4 Å². The van der Waals surface area contributed by atoms with Gasteiger partial charge in [0.05, 0.1) is 27.5 Å². The second-order valence-corrected chi connectivity index (χ2v) is 8.39. The van der Waals surface area contributed by atoms with Gasteiger partial charge in [0.25, 0.3) is 0 Å². The lowest BCUT2D eigenvalue weighted by atomic mass is 10.2. The number of rotatable bonds is 5. The van der Waals surface area contributed by atoms with Crippen LogP contribution in [0.3, 0.4) is 0 Å². The van der Waals surface area contributed by atoms with Crippen molar-refractivity contribution in [1.82, 2.24) is 14.4 Å². The lowest BCUT2D eigenvalue weighted by Gasteiger charge is -2.18. The number of hydrogen-bond donors (Lipinski definition) is 0. The molecule has 0 aliphatic carbocycles. The summed E-state index contributed by atoms with van der Waals surface area (Å²) in [5.74, 6) is 0.561. The molecule has 0 N–H and O–H groups in total. The molecule has 0 aliphatic heterocycles. The molecule has 0 amide bonds. The fourth-order valence-corrected chi connectivity index (χ4v) is 3.53. The van der Waals surface area contributed by atoms with Gasteiger partial charge in [-0.25, -0.2) is 9.97 Å². The maximum atomic E-state index is 12.9. The molecule has 0 bridgehead atoms. The first kappa shape index (κ1) is 20.8. The fourth-order valence-electron chi connectivity index (χ4n) is 2.59. The van der Waals surface area contributed by atoms with Crippen molar-refractivity contribution in [3.63, 3.8) is 0 Å². The van der Waals surface area contributed by atoms with E-state index < -0.39 is 28.1 Å². The fraction of sp³-hybridized carbons (Fsp3) is 0.316. The maximum Gasteiger partial charge on any atom is 0.416 e. The minimum absolute atomic E-state index is 0.0933. The highest BCUT2D eigenvalue weighted by atomic mass is 32.2. The van der Waals surface area contributed by atoms with Crippen LogP contribution in [-0.2, 0) is 17.0 Å². The van der Waals surface area contributed by atoms with Gasteiger partial charge in [-0.05, 0) is 26.0 Å². The van der Waals surface area contributed by atoms with E-state index in [1.54, 1.807) is 20.8 Å². The number of aromatic nitrogens is 3. The summed E-state index contributed by atoms with van der Waals surface area (Å²) in [6, 6.07) is 5.41. The molecule has 3 aromatic heterocycles. The third kappa shape index (κ3) is 4.40.